The zero-order valence-corrected chi connectivity index (χ0v) is 15.7. The summed E-state index contributed by atoms with van der Waals surface area (Å²) in [5.41, 5.74) is -0.994. The van der Waals surface area contributed by atoms with Crippen molar-refractivity contribution in [1.29, 1.82) is 0 Å². The Hall–Kier alpha value is -3.04. The third kappa shape index (κ3) is 3.30. The second kappa shape index (κ2) is 7.17. The number of benzene rings is 1. The second-order valence-corrected chi connectivity index (χ2v) is 7.56. The van der Waals surface area contributed by atoms with Crippen molar-refractivity contribution >= 4 is 23.2 Å². The van der Waals surface area contributed by atoms with Crippen LogP contribution >= 0.6 is 11.3 Å². The van der Waals surface area contributed by atoms with Crippen LogP contribution in [-0.4, -0.2) is 60.4 Å². The van der Waals surface area contributed by atoms with Gasteiger partial charge in [0.15, 0.2) is 11.4 Å². The number of hydrogen-bond donors (Lipinski definition) is 2. The van der Waals surface area contributed by atoms with Crippen molar-refractivity contribution in [2.24, 2.45) is 0 Å². The first-order valence-corrected chi connectivity index (χ1v) is 9.67. The van der Waals surface area contributed by atoms with E-state index in [4.69, 9.17) is 5.11 Å². The number of rotatable bonds is 4. The van der Waals surface area contributed by atoms with Crippen LogP contribution in [0.25, 0.3) is 16.4 Å². The number of thiophene rings is 1. The van der Waals surface area contributed by atoms with Gasteiger partial charge >= 0.3 is 5.97 Å². The van der Waals surface area contributed by atoms with Crippen LogP contribution in [-0.2, 0) is 4.79 Å². The molecule has 9 heteroatoms. The first kappa shape index (κ1) is 18.3. The van der Waals surface area contributed by atoms with Crippen molar-refractivity contribution in [3.8, 4) is 16.4 Å². The lowest BCUT2D eigenvalue weighted by atomic mass is 9.91. The van der Waals surface area contributed by atoms with Crippen molar-refractivity contribution in [2.75, 3.05) is 13.1 Å². The average molecular weight is 398 g/mol. The van der Waals surface area contributed by atoms with Crippen LogP contribution in [0.5, 0.6) is 0 Å². The van der Waals surface area contributed by atoms with Crippen molar-refractivity contribution in [3.05, 3.63) is 53.7 Å². The predicted octanol–water partition coefficient (Wildman–Crippen LogP) is 2.05. The first-order chi connectivity index (χ1) is 13.5. The first-order valence-electron chi connectivity index (χ1n) is 8.79. The van der Waals surface area contributed by atoms with E-state index in [0.29, 0.717) is 5.82 Å². The highest BCUT2D eigenvalue weighted by molar-refractivity contribution is 7.13. The molecule has 1 aromatic carbocycles. The molecule has 1 aliphatic rings. The Labute approximate surface area is 164 Å². The molecule has 1 saturated heterocycles. The molecule has 3 aromatic rings. The van der Waals surface area contributed by atoms with Crippen molar-refractivity contribution < 1.29 is 19.8 Å². The summed E-state index contributed by atoms with van der Waals surface area (Å²) in [6.45, 7) is 0.270. The van der Waals surface area contributed by atoms with E-state index in [-0.39, 0.29) is 37.7 Å². The number of amides is 1. The normalized spacial score (nSPS) is 16.1. The highest BCUT2D eigenvalue weighted by atomic mass is 32.1. The van der Waals surface area contributed by atoms with Crippen LogP contribution in [0.3, 0.4) is 0 Å². The van der Waals surface area contributed by atoms with Gasteiger partial charge in [-0.3, -0.25) is 4.79 Å². The Morgan fingerprint density at radius 1 is 1.07 bits per heavy atom. The summed E-state index contributed by atoms with van der Waals surface area (Å²) in [4.78, 5) is 30.9. The maximum atomic E-state index is 12.9. The van der Waals surface area contributed by atoms with Gasteiger partial charge in [-0.1, -0.05) is 24.3 Å². The predicted molar refractivity (Wildman–Crippen MR) is 102 cm³/mol. The molecule has 28 heavy (non-hydrogen) atoms. The lowest BCUT2D eigenvalue weighted by Crippen LogP contribution is -2.51. The number of carboxylic acids is 1. The number of hydrogen-bond acceptors (Lipinski definition) is 6. The minimum Gasteiger partial charge on any atom is -0.479 e. The summed E-state index contributed by atoms with van der Waals surface area (Å²) < 4.78 is 1.64. The Morgan fingerprint density at radius 2 is 1.79 bits per heavy atom. The van der Waals surface area contributed by atoms with E-state index < -0.39 is 11.6 Å². The molecule has 4 rings (SSSR count). The van der Waals surface area contributed by atoms with Crippen LogP contribution in [0.15, 0.2) is 47.8 Å². The topological polar surface area (TPSA) is 109 Å². The quantitative estimate of drug-likeness (QED) is 0.696. The molecule has 2 N–H and O–H groups in total. The zero-order chi connectivity index (χ0) is 19.7. The number of nitrogens with zero attached hydrogens (tertiary/aromatic N) is 4. The molecule has 0 saturated carbocycles. The van der Waals surface area contributed by atoms with E-state index in [0.717, 1.165) is 10.6 Å². The Kier molecular flexibility index (Phi) is 4.70. The van der Waals surface area contributed by atoms with Gasteiger partial charge in [0.25, 0.3) is 5.91 Å². The number of aliphatic hydroxyl groups is 1. The fourth-order valence-electron chi connectivity index (χ4n) is 3.15. The van der Waals surface area contributed by atoms with Gasteiger partial charge in [0.05, 0.1) is 10.6 Å². The number of para-hydroxylation sites is 1. The summed E-state index contributed by atoms with van der Waals surface area (Å²) in [6.07, 6.45) is -0.0451. The number of carboxylic acid groups (broad SMARTS) is 1. The number of carbonyl (C=O) groups is 2. The maximum Gasteiger partial charge on any atom is 0.335 e. The molecular formula is C19H18N4O4S. The maximum absolute atomic E-state index is 12.9. The van der Waals surface area contributed by atoms with Gasteiger partial charge in [0.2, 0.25) is 5.82 Å². The van der Waals surface area contributed by atoms with Gasteiger partial charge < -0.3 is 15.1 Å². The zero-order valence-electron chi connectivity index (χ0n) is 14.9. The van der Waals surface area contributed by atoms with Crippen molar-refractivity contribution in [1.82, 2.24) is 19.7 Å². The minimum absolute atomic E-state index is 0.0226. The number of aromatic nitrogens is 3. The largest absolute Gasteiger partial charge is 0.479 e. The number of aliphatic carboxylic acids is 1. The van der Waals surface area contributed by atoms with Crippen LogP contribution < -0.4 is 0 Å². The molecular weight excluding hydrogens is 380 g/mol. The number of likely N-dealkylation sites (tertiary alicyclic amines) is 1. The van der Waals surface area contributed by atoms with Gasteiger partial charge in [0.1, 0.15) is 0 Å². The lowest BCUT2D eigenvalue weighted by molar-refractivity contribution is -0.162. The summed E-state index contributed by atoms with van der Waals surface area (Å²) in [5, 5.41) is 25.6. The second-order valence-electron chi connectivity index (χ2n) is 6.61. The molecule has 0 unspecified atom stereocenters. The highest BCUT2D eigenvalue weighted by Crippen LogP contribution is 2.27. The van der Waals surface area contributed by atoms with Crippen LogP contribution in [0, 0.1) is 0 Å². The lowest BCUT2D eigenvalue weighted by Gasteiger charge is -2.34. The van der Waals surface area contributed by atoms with Crippen LogP contribution in [0.1, 0.15) is 23.5 Å². The summed E-state index contributed by atoms with van der Waals surface area (Å²) >= 11 is 1.50. The smallest absolute Gasteiger partial charge is 0.335 e. The summed E-state index contributed by atoms with van der Waals surface area (Å²) in [7, 11) is 0. The van der Waals surface area contributed by atoms with Crippen molar-refractivity contribution in [2.45, 2.75) is 18.4 Å². The van der Waals surface area contributed by atoms with E-state index in [2.05, 4.69) is 10.1 Å². The molecule has 0 aliphatic carbocycles. The molecule has 0 spiro atoms. The van der Waals surface area contributed by atoms with Gasteiger partial charge in [-0.15, -0.1) is 16.4 Å². The molecule has 8 nitrogen and oxygen atoms in total. The van der Waals surface area contributed by atoms with Crippen LogP contribution in [0.2, 0.25) is 0 Å². The van der Waals surface area contributed by atoms with Gasteiger partial charge in [0, 0.05) is 25.9 Å². The van der Waals surface area contributed by atoms with E-state index in [1.165, 1.54) is 16.2 Å². The molecule has 0 bridgehead atoms. The molecule has 1 amide bonds. The minimum atomic E-state index is -1.78. The fourth-order valence-corrected chi connectivity index (χ4v) is 3.85. The van der Waals surface area contributed by atoms with Crippen LogP contribution in [0.4, 0.5) is 0 Å². The van der Waals surface area contributed by atoms with E-state index in [9.17, 15) is 14.7 Å². The average Bonchev–Trinajstić information content (AvgIpc) is 3.38. The fraction of sp³-hybridized carbons (Fsp3) is 0.263. The molecule has 144 valence electrons. The SMILES string of the molecule is O=C(c1nc(-c2cccs2)n(-c2ccccc2)n1)N1CCC(O)(C(=O)O)CC1. The molecule has 1 aliphatic heterocycles. The number of carbonyl (C=O) groups excluding carboxylic acids is 1. The molecule has 2 aromatic heterocycles. The Bertz CT molecular complexity index is 992. The third-order valence-electron chi connectivity index (χ3n) is 4.82. The Morgan fingerprint density at radius 3 is 2.39 bits per heavy atom. The molecule has 3 heterocycles. The van der Waals surface area contributed by atoms with E-state index in [1.807, 2.05) is 47.8 Å². The Balaban J connectivity index is 1.64. The summed E-state index contributed by atoms with van der Waals surface area (Å²) in [6, 6.07) is 13.2. The van der Waals surface area contributed by atoms with E-state index in [1.54, 1.807) is 4.68 Å². The van der Waals surface area contributed by atoms with E-state index >= 15 is 0 Å². The molecule has 1 fully saturated rings. The molecule has 0 radical (unpaired) electrons. The van der Waals surface area contributed by atoms with Crippen molar-refractivity contribution in [3.63, 3.8) is 0 Å². The summed E-state index contributed by atoms with van der Waals surface area (Å²) in [5.74, 6) is -1.01. The number of piperidine rings is 1. The standard InChI is InChI=1S/C19H18N4O4S/c24-17(22-10-8-19(27,9-11-22)18(25)26)15-20-16(14-7-4-12-28-14)23(21-15)13-5-2-1-3-6-13/h1-7,12,27H,8-11H2,(H,25,26). The van der Waals surface area contributed by atoms with Gasteiger partial charge in [-0.05, 0) is 23.6 Å². The molecule has 0 atom stereocenters. The van der Waals surface area contributed by atoms with Gasteiger partial charge in [-0.25, -0.2) is 14.5 Å². The highest BCUT2D eigenvalue weighted by Gasteiger charge is 2.41. The third-order valence-corrected chi connectivity index (χ3v) is 5.68. The van der Waals surface area contributed by atoms with Gasteiger partial charge in [-0.2, -0.15) is 0 Å². The monoisotopic (exact) mass is 398 g/mol.